The van der Waals surface area contributed by atoms with Crippen molar-refractivity contribution < 1.29 is 9.59 Å². The van der Waals surface area contributed by atoms with Gasteiger partial charge in [0.25, 0.3) is 5.91 Å². The molecule has 0 aliphatic heterocycles. The van der Waals surface area contributed by atoms with Gasteiger partial charge in [-0.15, -0.1) is 0 Å². The van der Waals surface area contributed by atoms with Gasteiger partial charge in [0.1, 0.15) is 6.04 Å². The number of nitrogens with one attached hydrogen (secondary N) is 1. The third-order valence-electron chi connectivity index (χ3n) is 6.15. The number of rotatable bonds is 7. The number of carbonyl (C=O) groups excluding carboxylic acids is 2. The Labute approximate surface area is 178 Å². The molecule has 0 radical (unpaired) electrons. The highest BCUT2D eigenvalue weighted by Gasteiger charge is 2.42. The van der Waals surface area contributed by atoms with E-state index in [9.17, 15) is 9.59 Å². The molecule has 2 amide bonds. The van der Waals surface area contributed by atoms with E-state index in [1.165, 1.54) is 6.42 Å². The Kier molecular flexibility index (Phi) is 6.21. The largest absolute Gasteiger partial charge is 0.351 e. The average molecular weight is 409 g/mol. The van der Waals surface area contributed by atoms with Crippen LogP contribution < -0.4 is 5.32 Å². The van der Waals surface area contributed by atoms with Crippen LogP contribution in [0.5, 0.6) is 0 Å². The van der Waals surface area contributed by atoms with Crippen molar-refractivity contribution in [1.82, 2.24) is 20.0 Å². The lowest BCUT2D eigenvalue weighted by atomic mass is 9.94. The Bertz CT molecular complexity index is 866. The number of nitrogens with zero attached hydrogens (tertiary/aromatic N) is 3. The van der Waals surface area contributed by atoms with Crippen LogP contribution in [0.1, 0.15) is 86.8 Å². The van der Waals surface area contributed by atoms with Gasteiger partial charge in [0.2, 0.25) is 5.91 Å². The molecule has 1 aromatic carbocycles. The highest BCUT2D eigenvalue weighted by Crippen LogP contribution is 2.36. The summed E-state index contributed by atoms with van der Waals surface area (Å²) in [5.41, 5.74) is 1.41. The van der Waals surface area contributed by atoms with E-state index < -0.39 is 6.04 Å². The second-order valence-corrected chi connectivity index (χ2v) is 8.90. The molecule has 2 fully saturated rings. The molecule has 2 aliphatic carbocycles. The van der Waals surface area contributed by atoms with Crippen LogP contribution in [0.3, 0.4) is 0 Å². The third kappa shape index (κ3) is 4.58. The van der Waals surface area contributed by atoms with E-state index in [-0.39, 0.29) is 29.9 Å². The molecule has 6 heteroatoms. The molecule has 1 N–H and O–H groups in total. The highest BCUT2D eigenvalue weighted by molar-refractivity contribution is 5.98. The molecule has 0 spiro atoms. The third-order valence-corrected chi connectivity index (χ3v) is 6.15. The molecular formula is C24H32N4O2. The van der Waals surface area contributed by atoms with Gasteiger partial charge in [-0.05, 0) is 45.1 Å². The van der Waals surface area contributed by atoms with Crippen molar-refractivity contribution in [3.63, 3.8) is 0 Å². The van der Waals surface area contributed by atoms with Crippen LogP contribution in [-0.4, -0.2) is 38.6 Å². The first kappa shape index (κ1) is 20.6. The van der Waals surface area contributed by atoms with Crippen molar-refractivity contribution in [2.75, 3.05) is 0 Å². The van der Waals surface area contributed by atoms with E-state index in [0.29, 0.717) is 5.56 Å². The highest BCUT2D eigenvalue weighted by atomic mass is 16.2. The fourth-order valence-electron chi connectivity index (χ4n) is 4.33. The first-order valence-corrected chi connectivity index (χ1v) is 11.3. The lowest BCUT2D eigenvalue weighted by Crippen LogP contribution is -2.47. The van der Waals surface area contributed by atoms with E-state index in [0.717, 1.165) is 44.1 Å². The summed E-state index contributed by atoms with van der Waals surface area (Å²) >= 11 is 0. The molecule has 1 heterocycles. The molecule has 1 unspecified atom stereocenters. The smallest absolute Gasteiger partial charge is 0.258 e. The Morgan fingerprint density at radius 2 is 1.77 bits per heavy atom. The quantitative estimate of drug-likeness (QED) is 0.744. The minimum Gasteiger partial charge on any atom is -0.351 e. The standard InChI is InChI=1S/C24H32N4O2/c1-17(2)27-16-19(15-25-27)24(30)28(21-13-14-21)22(18-9-5-3-6-10-18)23(29)26-20-11-7-4-8-12-20/h3,5-6,9-10,15-17,20-22H,4,7-8,11-14H2,1-2H3,(H,26,29). The topological polar surface area (TPSA) is 67.2 Å². The normalized spacial score (nSPS) is 18.2. The molecule has 0 bridgehead atoms. The lowest BCUT2D eigenvalue weighted by Gasteiger charge is -2.33. The summed E-state index contributed by atoms with van der Waals surface area (Å²) < 4.78 is 1.79. The van der Waals surface area contributed by atoms with Crippen molar-refractivity contribution >= 4 is 11.8 Å². The predicted octanol–water partition coefficient (Wildman–Crippen LogP) is 4.26. The number of hydrogen-bond acceptors (Lipinski definition) is 3. The van der Waals surface area contributed by atoms with Gasteiger partial charge < -0.3 is 10.2 Å². The minimum atomic E-state index is -0.615. The number of carbonyl (C=O) groups is 2. The fraction of sp³-hybridized carbons (Fsp3) is 0.542. The summed E-state index contributed by atoms with van der Waals surface area (Å²) in [5, 5.41) is 7.59. The zero-order valence-electron chi connectivity index (χ0n) is 18.0. The molecule has 4 rings (SSSR count). The summed E-state index contributed by atoms with van der Waals surface area (Å²) in [6.07, 6.45) is 10.9. The summed E-state index contributed by atoms with van der Waals surface area (Å²) in [4.78, 5) is 28.9. The van der Waals surface area contributed by atoms with Crippen LogP contribution in [0.25, 0.3) is 0 Å². The van der Waals surface area contributed by atoms with E-state index >= 15 is 0 Å². The molecule has 2 saturated carbocycles. The maximum Gasteiger partial charge on any atom is 0.258 e. The van der Waals surface area contributed by atoms with Gasteiger partial charge >= 0.3 is 0 Å². The van der Waals surface area contributed by atoms with E-state index in [1.54, 1.807) is 22.0 Å². The SMILES string of the molecule is CC(C)n1cc(C(=O)N(C2CC2)C(C(=O)NC2CCCCC2)c2ccccc2)cn1. The fourth-order valence-corrected chi connectivity index (χ4v) is 4.33. The van der Waals surface area contributed by atoms with Crippen LogP contribution in [0.2, 0.25) is 0 Å². The van der Waals surface area contributed by atoms with Crippen molar-refractivity contribution in [3.8, 4) is 0 Å². The van der Waals surface area contributed by atoms with E-state index in [1.807, 2.05) is 44.2 Å². The summed E-state index contributed by atoms with van der Waals surface area (Å²) in [6.45, 7) is 4.06. The van der Waals surface area contributed by atoms with Gasteiger partial charge in [0.15, 0.2) is 0 Å². The van der Waals surface area contributed by atoms with Gasteiger partial charge in [-0.25, -0.2) is 0 Å². The van der Waals surface area contributed by atoms with Crippen molar-refractivity contribution in [1.29, 1.82) is 0 Å². The Morgan fingerprint density at radius 1 is 1.07 bits per heavy atom. The van der Waals surface area contributed by atoms with Gasteiger partial charge in [0, 0.05) is 24.3 Å². The molecule has 1 atom stereocenters. The monoisotopic (exact) mass is 408 g/mol. The number of hydrogen-bond donors (Lipinski definition) is 1. The van der Waals surface area contributed by atoms with Gasteiger partial charge in [-0.1, -0.05) is 49.6 Å². The Balaban J connectivity index is 1.64. The molecule has 2 aromatic rings. The van der Waals surface area contributed by atoms with Crippen molar-refractivity contribution in [2.45, 2.75) is 83.0 Å². The van der Waals surface area contributed by atoms with E-state index in [2.05, 4.69) is 10.4 Å². The lowest BCUT2D eigenvalue weighted by molar-refractivity contribution is -0.127. The summed E-state index contributed by atoms with van der Waals surface area (Å²) in [7, 11) is 0. The first-order valence-electron chi connectivity index (χ1n) is 11.3. The van der Waals surface area contributed by atoms with Crippen LogP contribution in [0.15, 0.2) is 42.7 Å². The zero-order valence-corrected chi connectivity index (χ0v) is 18.0. The minimum absolute atomic E-state index is 0.0652. The molecule has 6 nitrogen and oxygen atoms in total. The molecule has 0 saturated heterocycles. The average Bonchev–Trinajstić information content (AvgIpc) is 3.46. The zero-order chi connectivity index (χ0) is 21.1. The summed E-state index contributed by atoms with van der Waals surface area (Å²) in [5.74, 6) is -0.179. The number of aromatic nitrogens is 2. The predicted molar refractivity (Wildman–Crippen MR) is 116 cm³/mol. The van der Waals surface area contributed by atoms with Crippen molar-refractivity contribution in [2.24, 2.45) is 0 Å². The maximum absolute atomic E-state index is 13.6. The first-order chi connectivity index (χ1) is 14.5. The van der Waals surface area contributed by atoms with Crippen LogP contribution >= 0.6 is 0 Å². The Morgan fingerprint density at radius 3 is 2.37 bits per heavy atom. The number of amides is 2. The van der Waals surface area contributed by atoms with Crippen molar-refractivity contribution in [3.05, 3.63) is 53.9 Å². The number of benzene rings is 1. The molecule has 1 aromatic heterocycles. The molecule has 30 heavy (non-hydrogen) atoms. The molecular weight excluding hydrogens is 376 g/mol. The van der Waals surface area contributed by atoms with Crippen LogP contribution in [0, 0.1) is 0 Å². The molecule has 2 aliphatic rings. The molecule has 160 valence electrons. The van der Waals surface area contributed by atoms with Crippen LogP contribution in [0.4, 0.5) is 0 Å². The maximum atomic E-state index is 13.6. The van der Waals surface area contributed by atoms with Gasteiger partial charge in [-0.2, -0.15) is 5.10 Å². The van der Waals surface area contributed by atoms with Crippen LogP contribution in [-0.2, 0) is 4.79 Å². The Hall–Kier alpha value is -2.63. The second-order valence-electron chi connectivity index (χ2n) is 8.90. The van der Waals surface area contributed by atoms with E-state index in [4.69, 9.17) is 0 Å². The van der Waals surface area contributed by atoms with Gasteiger partial charge in [-0.3, -0.25) is 14.3 Å². The van der Waals surface area contributed by atoms with Gasteiger partial charge in [0.05, 0.1) is 11.8 Å². The summed E-state index contributed by atoms with van der Waals surface area (Å²) in [6, 6.07) is 9.58. The second kappa shape index (κ2) is 9.02.